The number of hydrogen-bond acceptors (Lipinski definition) is 8. The van der Waals surface area contributed by atoms with Gasteiger partial charge in [0.05, 0.1) is 23.7 Å². The number of halogens is 1. The Morgan fingerprint density at radius 3 is 2.84 bits per heavy atom. The van der Waals surface area contributed by atoms with Crippen LogP contribution in [0.3, 0.4) is 0 Å². The number of pyridine rings is 2. The molecule has 10 nitrogen and oxygen atoms in total. The number of H-pyrrole nitrogens is 1. The molecule has 1 aliphatic rings. The van der Waals surface area contributed by atoms with Gasteiger partial charge in [-0.2, -0.15) is 0 Å². The minimum Gasteiger partial charge on any atom is -0.460 e. The number of ether oxygens (including phenoxy) is 2. The van der Waals surface area contributed by atoms with Gasteiger partial charge in [-0.3, -0.25) is 24.3 Å². The molecule has 1 fully saturated rings. The second-order valence-corrected chi connectivity index (χ2v) is 7.57. The van der Waals surface area contributed by atoms with Gasteiger partial charge in [0.15, 0.2) is 0 Å². The SMILES string of the molecule is CO[C@@H]1CN(CC(=O)OCc2ccncc2)CC[C@@H]1NC(=O)c1cc(Cl)c(N)[nH]c1=O. The zero-order valence-corrected chi connectivity index (χ0v) is 17.7. The van der Waals surface area contributed by atoms with Crippen molar-refractivity contribution in [2.24, 2.45) is 0 Å². The molecule has 4 N–H and O–H groups in total. The average Bonchev–Trinajstić information content (AvgIpc) is 2.76. The van der Waals surface area contributed by atoms with Crippen LogP contribution in [0.4, 0.5) is 5.82 Å². The van der Waals surface area contributed by atoms with E-state index in [1.165, 1.54) is 13.2 Å². The minimum absolute atomic E-state index is 0.00195. The third-order valence-electron chi connectivity index (χ3n) is 5.03. The number of amides is 1. The van der Waals surface area contributed by atoms with Crippen molar-refractivity contribution in [3.05, 3.63) is 57.1 Å². The second-order valence-electron chi connectivity index (χ2n) is 7.17. The van der Waals surface area contributed by atoms with E-state index in [9.17, 15) is 14.4 Å². The number of rotatable bonds is 7. The van der Waals surface area contributed by atoms with Gasteiger partial charge >= 0.3 is 5.97 Å². The maximum atomic E-state index is 12.6. The number of carbonyl (C=O) groups excluding carboxylic acids is 2. The Kier molecular flexibility index (Phi) is 7.61. The summed E-state index contributed by atoms with van der Waals surface area (Å²) in [6, 6.07) is 4.46. The highest BCUT2D eigenvalue weighted by Gasteiger charge is 2.32. The lowest BCUT2D eigenvalue weighted by Crippen LogP contribution is -2.56. The number of nitrogens with two attached hydrogens (primary N) is 1. The van der Waals surface area contributed by atoms with E-state index in [4.69, 9.17) is 26.8 Å². The minimum atomic E-state index is -0.622. The number of hydrogen-bond donors (Lipinski definition) is 3. The van der Waals surface area contributed by atoms with Crippen LogP contribution in [0, 0.1) is 0 Å². The number of likely N-dealkylation sites (tertiary alicyclic amines) is 1. The van der Waals surface area contributed by atoms with Crippen molar-refractivity contribution in [3.63, 3.8) is 0 Å². The average molecular weight is 450 g/mol. The Hall–Kier alpha value is -2.95. The van der Waals surface area contributed by atoms with Crippen molar-refractivity contribution in [1.82, 2.24) is 20.2 Å². The van der Waals surface area contributed by atoms with Crippen LogP contribution in [0.2, 0.25) is 5.02 Å². The highest BCUT2D eigenvalue weighted by molar-refractivity contribution is 6.33. The third-order valence-corrected chi connectivity index (χ3v) is 5.34. The van der Waals surface area contributed by atoms with Gasteiger partial charge in [0.2, 0.25) is 0 Å². The van der Waals surface area contributed by atoms with Crippen LogP contribution in [0.5, 0.6) is 0 Å². The molecule has 2 aromatic heterocycles. The fourth-order valence-corrected chi connectivity index (χ4v) is 3.49. The Balaban J connectivity index is 1.53. The summed E-state index contributed by atoms with van der Waals surface area (Å²) >= 11 is 5.91. The molecule has 0 aliphatic carbocycles. The predicted molar refractivity (Wildman–Crippen MR) is 114 cm³/mol. The van der Waals surface area contributed by atoms with E-state index < -0.39 is 11.5 Å². The summed E-state index contributed by atoms with van der Waals surface area (Å²) in [4.78, 5) is 44.9. The first kappa shape index (κ1) is 22.7. The summed E-state index contributed by atoms with van der Waals surface area (Å²) in [7, 11) is 1.53. The van der Waals surface area contributed by atoms with Gasteiger partial charge in [0.1, 0.15) is 18.0 Å². The highest BCUT2D eigenvalue weighted by atomic mass is 35.5. The molecule has 0 radical (unpaired) electrons. The van der Waals surface area contributed by atoms with E-state index in [0.717, 1.165) is 5.56 Å². The summed E-state index contributed by atoms with van der Waals surface area (Å²) in [5.74, 6) is -0.917. The molecule has 11 heteroatoms. The molecule has 2 atom stereocenters. The van der Waals surface area contributed by atoms with Crippen LogP contribution in [0.25, 0.3) is 0 Å². The Morgan fingerprint density at radius 1 is 1.39 bits per heavy atom. The normalized spacial score (nSPS) is 19.0. The zero-order valence-electron chi connectivity index (χ0n) is 17.0. The molecule has 0 unspecified atom stereocenters. The van der Waals surface area contributed by atoms with Crippen LogP contribution in [-0.2, 0) is 20.9 Å². The summed E-state index contributed by atoms with van der Waals surface area (Å²) in [6.07, 6.45) is 3.44. The fraction of sp³-hybridized carbons (Fsp3) is 0.400. The first-order valence-electron chi connectivity index (χ1n) is 9.66. The van der Waals surface area contributed by atoms with Gasteiger partial charge in [-0.25, -0.2) is 0 Å². The van der Waals surface area contributed by atoms with Gasteiger partial charge in [-0.15, -0.1) is 0 Å². The van der Waals surface area contributed by atoms with Gasteiger partial charge in [0, 0.05) is 32.6 Å². The van der Waals surface area contributed by atoms with E-state index in [2.05, 4.69) is 15.3 Å². The number of carbonyl (C=O) groups is 2. The molecule has 0 bridgehead atoms. The third kappa shape index (κ3) is 6.03. The first-order valence-corrected chi connectivity index (χ1v) is 10.0. The number of esters is 1. The van der Waals surface area contributed by atoms with Crippen LogP contribution in [-0.4, -0.2) is 65.6 Å². The van der Waals surface area contributed by atoms with E-state index in [1.807, 2.05) is 4.90 Å². The standard InChI is InChI=1S/C20H24ClN5O5/c1-30-16-9-26(10-17(27)31-11-12-2-5-23-6-3-12)7-4-15(16)24-19(28)13-8-14(21)18(22)25-20(13)29/h2-3,5-6,8,15-16H,4,7,9-11H2,1H3,(H,24,28)(H3,22,25,29)/t15-,16+/m0/s1. The number of aromatic nitrogens is 2. The summed E-state index contributed by atoms with van der Waals surface area (Å²) in [5, 5.41) is 2.90. The van der Waals surface area contributed by atoms with Crippen molar-refractivity contribution in [2.75, 3.05) is 32.5 Å². The van der Waals surface area contributed by atoms with Crippen molar-refractivity contribution < 1.29 is 19.1 Å². The summed E-state index contributed by atoms with van der Waals surface area (Å²) in [5.41, 5.74) is 5.65. The van der Waals surface area contributed by atoms with Gasteiger partial charge in [0.25, 0.3) is 11.5 Å². The quantitative estimate of drug-likeness (QED) is 0.521. The molecule has 31 heavy (non-hydrogen) atoms. The van der Waals surface area contributed by atoms with Gasteiger partial charge < -0.3 is 25.5 Å². The number of anilines is 1. The van der Waals surface area contributed by atoms with Crippen molar-refractivity contribution in [3.8, 4) is 0 Å². The van der Waals surface area contributed by atoms with Crippen LogP contribution in [0.15, 0.2) is 35.4 Å². The van der Waals surface area contributed by atoms with Crippen molar-refractivity contribution >= 4 is 29.3 Å². The molecule has 2 aromatic rings. The van der Waals surface area contributed by atoms with E-state index >= 15 is 0 Å². The number of nitrogens with one attached hydrogen (secondary N) is 2. The molecule has 0 aromatic carbocycles. The van der Waals surface area contributed by atoms with E-state index in [1.54, 1.807) is 24.5 Å². The van der Waals surface area contributed by atoms with Gasteiger partial charge in [-0.05, 0) is 30.2 Å². The lowest BCUT2D eigenvalue weighted by molar-refractivity contribution is -0.147. The maximum absolute atomic E-state index is 12.6. The molecule has 1 saturated heterocycles. The molecule has 0 saturated carbocycles. The maximum Gasteiger partial charge on any atom is 0.320 e. The smallest absolute Gasteiger partial charge is 0.320 e. The number of nitrogens with zero attached hydrogens (tertiary/aromatic N) is 2. The molecule has 166 valence electrons. The molecule has 1 amide bonds. The lowest BCUT2D eigenvalue weighted by Gasteiger charge is -2.37. The molecule has 0 spiro atoms. The predicted octanol–water partition coefficient (Wildman–Crippen LogP) is 0.568. The number of piperidine rings is 1. The lowest BCUT2D eigenvalue weighted by atomic mass is 10.0. The Labute approximate surface area is 183 Å². The number of nitrogen functional groups attached to an aromatic ring is 1. The first-order chi connectivity index (χ1) is 14.9. The topological polar surface area (TPSA) is 140 Å². The largest absolute Gasteiger partial charge is 0.460 e. The zero-order chi connectivity index (χ0) is 22.4. The number of aromatic amines is 1. The summed E-state index contributed by atoms with van der Waals surface area (Å²) in [6.45, 7) is 1.26. The molecule has 3 heterocycles. The molecule has 3 rings (SSSR count). The highest BCUT2D eigenvalue weighted by Crippen LogP contribution is 2.17. The van der Waals surface area contributed by atoms with Crippen LogP contribution in [0.1, 0.15) is 22.3 Å². The Bertz CT molecular complexity index is 984. The molecule has 1 aliphatic heterocycles. The number of methoxy groups -OCH3 is 1. The van der Waals surface area contributed by atoms with Crippen LogP contribution >= 0.6 is 11.6 Å². The second kappa shape index (κ2) is 10.4. The molecular weight excluding hydrogens is 426 g/mol. The van der Waals surface area contributed by atoms with Crippen LogP contribution < -0.4 is 16.6 Å². The van der Waals surface area contributed by atoms with E-state index in [0.29, 0.717) is 19.5 Å². The van der Waals surface area contributed by atoms with Gasteiger partial charge in [-0.1, -0.05) is 11.6 Å². The van der Waals surface area contributed by atoms with Crippen molar-refractivity contribution in [2.45, 2.75) is 25.2 Å². The summed E-state index contributed by atoms with van der Waals surface area (Å²) < 4.78 is 10.8. The van der Waals surface area contributed by atoms with Crippen molar-refractivity contribution in [1.29, 1.82) is 0 Å². The fourth-order valence-electron chi connectivity index (χ4n) is 3.33. The van der Waals surface area contributed by atoms with E-state index in [-0.39, 0.29) is 47.7 Å². The monoisotopic (exact) mass is 449 g/mol. The molecular formula is C20H24ClN5O5. The Morgan fingerprint density at radius 2 is 2.13 bits per heavy atom.